The zero-order valence-electron chi connectivity index (χ0n) is 15.8. The van der Waals surface area contributed by atoms with Gasteiger partial charge in [0.2, 0.25) is 0 Å². The van der Waals surface area contributed by atoms with E-state index < -0.39 is 0 Å². The lowest BCUT2D eigenvalue weighted by molar-refractivity contribution is 0.0773. The second kappa shape index (κ2) is 9.19. The van der Waals surface area contributed by atoms with Gasteiger partial charge in [0.1, 0.15) is 0 Å². The van der Waals surface area contributed by atoms with Crippen molar-refractivity contribution < 1.29 is 4.79 Å². The Morgan fingerprint density at radius 2 is 1.93 bits per heavy atom. The topological polar surface area (TPSA) is 66.3 Å². The number of likely N-dealkylation sites (tertiary alicyclic amines) is 1. The van der Waals surface area contributed by atoms with Crippen LogP contribution >= 0.6 is 24.8 Å². The van der Waals surface area contributed by atoms with E-state index in [1.54, 1.807) is 12.4 Å². The Morgan fingerprint density at radius 1 is 1.19 bits per heavy atom. The molecule has 1 unspecified atom stereocenters. The average Bonchev–Trinajstić information content (AvgIpc) is 3.28. The number of nitrogens with one attached hydrogen (secondary N) is 1. The molecule has 2 aliphatic heterocycles. The molecule has 1 N–H and O–H groups in total. The van der Waals surface area contributed by atoms with Gasteiger partial charge in [-0.25, -0.2) is 9.67 Å². The van der Waals surface area contributed by atoms with E-state index >= 15 is 0 Å². The van der Waals surface area contributed by atoms with Gasteiger partial charge in [0.15, 0.2) is 5.65 Å². The monoisotopic (exact) mass is 414 g/mol. The first-order valence-electron chi connectivity index (χ1n) is 9.21. The van der Waals surface area contributed by atoms with Crippen LogP contribution in [-0.4, -0.2) is 75.8 Å². The summed E-state index contributed by atoms with van der Waals surface area (Å²) >= 11 is 0. The number of aromatic nitrogens is 3. The Balaban J connectivity index is 0.00000131. The summed E-state index contributed by atoms with van der Waals surface area (Å²) < 4.78 is 1.89. The normalized spacial score (nSPS) is 20.6. The Labute approximate surface area is 172 Å². The summed E-state index contributed by atoms with van der Waals surface area (Å²) in [6, 6.07) is 2.67. The highest BCUT2D eigenvalue weighted by atomic mass is 35.5. The predicted molar refractivity (Wildman–Crippen MR) is 111 cm³/mol. The summed E-state index contributed by atoms with van der Waals surface area (Å²) in [5.74, 6) is 0.0873. The number of fused-ring (bicyclic) bond motifs is 1. The molecule has 2 saturated heterocycles. The van der Waals surface area contributed by atoms with Gasteiger partial charge in [-0.15, -0.1) is 24.8 Å². The van der Waals surface area contributed by atoms with Crippen LogP contribution in [-0.2, 0) is 0 Å². The molecule has 0 bridgehead atoms. The maximum Gasteiger partial charge on any atom is 0.255 e. The van der Waals surface area contributed by atoms with Crippen molar-refractivity contribution in [1.29, 1.82) is 0 Å². The standard InChI is InChI=1S/C18H26N6O.2ClH/c1-13(2)24-17-14(11-21-24)9-15(10-20-17)18(25)23-6-3-16(12-23)22-7-4-19-5-8-22;;/h9-11,13,16,19H,3-8,12H2,1-2H3;2*1H. The molecule has 0 spiro atoms. The number of nitrogens with zero attached hydrogens (tertiary/aromatic N) is 5. The number of amides is 1. The van der Waals surface area contributed by atoms with Gasteiger partial charge in [0, 0.05) is 62.9 Å². The van der Waals surface area contributed by atoms with Crippen molar-refractivity contribution >= 4 is 41.8 Å². The van der Waals surface area contributed by atoms with Crippen LogP contribution in [0.5, 0.6) is 0 Å². The van der Waals surface area contributed by atoms with Crippen LogP contribution in [0.1, 0.15) is 36.7 Å². The third-order valence-corrected chi connectivity index (χ3v) is 5.29. The molecule has 4 rings (SSSR count). The Hall–Kier alpha value is -1.41. The summed E-state index contributed by atoms with van der Waals surface area (Å²) in [6.07, 6.45) is 4.56. The number of piperazine rings is 1. The molecule has 2 fully saturated rings. The van der Waals surface area contributed by atoms with E-state index in [2.05, 4.69) is 34.1 Å². The van der Waals surface area contributed by atoms with E-state index in [9.17, 15) is 4.79 Å². The first-order valence-corrected chi connectivity index (χ1v) is 9.21. The Morgan fingerprint density at radius 3 is 2.63 bits per heavy atom. The molecule has 2 aliphatic rings. The molecular weight excluding hydrogens is 387 g/mol. The molecule has 1 atom stereocenters. The van der Waals surface area contributed by atoms with Gasteiger partial charge >= 0.3 is 0 Å². The maximum atomic E-state index is 12.9. The van der Waals surface area contributed by atoms with E-state index in [0.29, 0.717) is 11.6 Å². The number of rotatable bonds is 3. The quantitative estimate of drug-likeness (QED) is 0.831. The van der Waals surface area contributed by atoms with Crippen LogP contribution in [0, 0.1) is 0 Å². The zero-order valence-corrected chi connectivity index (χ0v) is 17.4. The van der Waals surface area contributed by atoms with Gasteiger partial charge in [-0.1, -0.05) is 0 Å². The van der Waals surface area contributed by atoms with Crippen molar-refractivity contribution in [2.75, 3.05) is 39.3 Å². The third-order valence-electron chi connectivity index (χ3n) is 5.29. The fraction of sp³-hybridized carbons (Fsp3) is 0.611. The molecule has 4 heterocycles. The smallest absolute Gasteiger partial charge is 0.255 e. The maximum absolute atomic E-state index is 12.9. The lowest BCUT2D eigenvalue weighted by Gasteiger charge is -2.32. The van der Waals surface area contributed by atoms with Crippen molar-refractivity contribution in [1.82, 2.24) is 29.9 Å². The van der Waals surface area contributed by atoms with Crippen LogP contribution in [0.25, 0.3) is 11.0 Å². The number of carbonyl (C=O) groups is 1. The van der Waals surface area contributed by atoms with E-state index in [1.165, 1.54) is 0 Å². The summed E-state index contributed by atoms with van der Waals surface area (Å²) in [7, 11) is 0. The zero-order chi connectivity index (χ0) is 17.4. The van der Waals surface area contributed by atoms with Crippen LogP contribution in [0.2, 0.25) is 0 Å². The molecule has 0 aliphatic carbocycles. The summed E-state index contributed by atoms with van der Waals surface area (Å²) in [4.78, 5) is 21.9. The van der Waals surface area contributed by atoms with E-state index in [0.717, 1.165) is 56.7 Å². The molecule has 2 aromatic heterocycles. The van der Waals surface area contributed by atoms with Crippen molar-refractivity contribution in [2.45, 2.75) is 32.4 Å². The molecule has 7 nitrogen and oxygen atoms in total. The number of carbonyl (C=O) groups excluding carboxylic acids is 1. The Kier molecular flexibility index (Phi) is 7.45. The third kappa shape index (κ3) is 4.37. The molecule has 27 heavy (non-hydrogen) atoms. The van der Waals surface area contributed by atoms with E-state index in [1.807, 2.05) is 15.6 Å². The lowest BCUT2D eigenvalue weighted by atomic mass is 10.2. The van der Waals surface area contributed by atoms with Crippen LogP contribution in [0.4, 0.5) is 0 Å². The van der Waals surface area contributed by atoms with Gasteiger partial charge < -0.3 is 10.2 Å². The van der Waals surface area contributed by atoms with Crippen molar-refractivity contribution in [3.05, 3.63) is 24.0 Å². The molecule has 150 valence electrons. The Bertz CT molecular complexity index is 774. The van der Waals surface area contributed by atoms with Crippen LogP contribution < -0.4 is 5.32 Å². The number of pyridine rings is 1. The fourth-order valence-corrected chi connectivity index (χ4v) is 3.89. The molecular formula is C18H28Cl2N6O. The highest BCUT2D eigenvalue weighted by Gasteiger charge is 2.31. The lowest BCUT2D eigenvalue weighted by Crippen LogP contribution is -2.49. The molecule has 0 radical (unpaired) electrons. The first-order chi connectivity index (χ1) is 12.1. The van der Waals surface area contributed by atoms with Crippen molar-refractivity contribution in [3.63, 3.8) is 0 Å². The SMILES string of the molecule is CC(C)n1ncc2cc(C(=O)N3CCC(N4CCNCC4)C3)cnc21.Cl.Cl. The molecule has 2 aromatic rings. The minimum absolute atomic E-state index is 0. The fourth-order valence-electron chi connectivity index (χ4n) is 3.89. The second-order valence-electron chi connectivity index (χ2n) is 7.30. The van der Waals surface area contributed by atoms with Gasteiger partial charge in [0.05, 0.1) is 11.8 Å². The minimum Gasteiger partial charge on any atom is -0.337 e. The predicted octanol–water partition coefficient (Wildman–Crippen LogP) is 1.98. The van der Waals surface area contributed by atoms with E-state index in [-0.39, 0.29) is 36.8 Å². The average molecular weight is 415 g/mol. The highest BCUT2D eigenvalue weighted by molar-refractivity contribution is 5.97. The minimum atomic E-state index is 0. The van der Waals surface area contributed by atoms with Gasteiger partial charge in [0.25, 0.3) is 5.91 Å². The number of halogens is 2. The largest absolute Gasteiger partial charge is 0.337 e. The molecule has 0 saturated carbocycles. The van der Waals surface area contributed by atoms with Gasteiger partial charge in [-0.05, 0) is 26.3 Å². The van der Waals surface area contributed by atoms with Crippen molar-refractivity contribution in [2.24, 2.45) is 0 Å². The van der Waals surface area contributed by atoms with Gasteiger partial charge in [-0.2, -0.15) is 5.10 Å². The number of hydrogen-bond donors (Lipinski definition) is 1. The second-order valence-corrected chi connectivity index (χ2v) is 7.30. The van der Waals surface area contributed by atoms with Gasteiger partial charge in [-0.3, -0.25) is 9.69 Å². The molecule has 9 heteroatoms. The van der Waals surface area contributed by atoms with E-state index in [4.69, 9.17) is 0 Å². The summed E-state index contributed by atoms with van der Waals surface area (Å²) in [5.41, 5.74) is 1.50. The van der Waals surface area contributed by atoms with Crippen molar-refractivity contribution in [3.8, 4) is 0 Å². The molecule has 0 aromatic carbocycles. The van der Waals surface area contributed by atoms with Crippen LogP contribution in [0.3, 0.4) is 0 Å². The number of hydrogen-bond acceptors (Lipinski definition) is 5. The highest BCUT2D eigenvalue weighted by Crippen LogP contribution is 2.21. The summed E-state index contributed by atoms with van der Waals surface area (Å²) in [5, 5.41) is 8.70. The first kappa shape index (κ1) is 21.9. The summed E-state index contributed by atoms with van der Waals surface area (Å²) in [6.45, 7) is 10.1. The molecule has 1 amide bonds. The van der Waals surface area contributed by atoms with Crippen LogP contribution in [0.15, 0.2) is 18.5 Å².